The fourth-order valence-corrected chi connectivity index (χ4v) is 2.30. The Hall–Kier alpha value is -2.11. The number of hydrogen-bond donors (Lipinski definition) is 0. The Bertz CT molecular complexity index is 599. The van der Waals surface area contributed by atoms with Gasteiger partial charge in [-0.25, -0.2) is 4.98 Å². The molecule has 114 valence electrons. The molecule has 0 atom stereocenters. The summed E-state index contributed by atoms with van der Waals surface area (Å²) in [6, 6.07) is 1.96. The van der Waals surface area contributed by atoms with Crippen LogP contribution in [0, 0.1) is 0 Å². The van der Waals surface area contributed by atoms with Crippen LogP contribution in [-0.4, -0.2) is 43.7 Å². The summed E-state index contributed by atoms with van der Waals surface area (Å²) in [7, 11) is 3.82. The molecular formula is C15H23N5O. The summed E-state index contributed by atoms with van der Waals surface area (Å²) in [5.74, 6) is 1.06. The van der Waals surface area contributed by atoms with Crippen LogP contribution in [-0.2, 0) is 13.5 Å². The van der Waals surface area contributed by atoms with Crippen molar-refractivity contribution >= 4 is 5.91 Å². The van der Waals surface area contributed by atoms with Gasteiger partial charge in [0.05, 0.1) is 0 Å². The Morgan fingerprint density at radius 1 is 1.38 bits per heavy atom. The van der Waals surface area contributed by atoms with E-state index in [1.807, 2.05) is 38.7 Å². The van der Waals surface area contributed by atoms with Gasteiger partial charge in [-0.1, -0.05) is 0 Å². The van der Waals surface area contributed by atoms with E-state index in [1.165, 1.54) is 0 Å². The van der Waals surface area contributed by atoms with Crippen LogP contribution >= 0.6 is 0 Å². The maximum Gasteiger partial charge on any atom is 0.271 e. The molecule has 2 rings (SSSR count). The second-order valence-corrected chi connectivity index (χ2v) is 5.54. The third kappa shape index (κ3) is 3.51. The summed E-state index contributed by atoms with van der Waals surface area (Å²) < 4.78 is 3.77. The topological polar surface area (TPSA) is 56.0 Å². The molecule has 0 aromatic carbocycles. The highest BCUT2D eigenvalue weighted by molar-refractivity contribution is 5.92. The number of rotatable bonds is 6. The number of aromatic nitrogens is 4. The number of carbonyl (C=O) groups is 1. The Labute approximate surface area is 125 Å². The van der Waals surface area contributed by atoms with Gasteiger partial charge < -0.3 is 9.47 Å². The maximum absolute atomic E-state index is 12.4. The van der Waals surface area contributed by atoms with Crippen molar-refractivity contribution in [2.24, 2.45) is 7.05 Å². The van der Waals surface area contributed by atoms with Gasteiger partial charge >= 0.3 is 0 Å². The van der Waals surface area contributed by atoms with E-state index in [9.17, 15) is 4.79 Å². The Kier molecular flexibility index (Phi) is 4.77. The molecule has 0 saturated heterocycles. The third-order valence-electron chi connectivity index (χ3n) is 3.54. The normalized spacial score (nSPS) is 11.1. The first kappa shape index (κ1) is 15.3. The highest BCUT2D eigenvalue weighted by Gasteiger charge is 2.17. The Balaban J connectivity index is 1.91. The van der Waals surface area contributed by atoms with Gasteiger partial charge in [0.1, 0.15) is 11.5 Å². The van der Waals surface area contributed by atoms with Gasteiger partial charge in [-0.15, -0.1) is 0 Å². The molecule has 0 radical (unpaired) electrons. The van der Waals surface area contributed by atoms with Crippen LogP contribution in [0.5, 0.6) is 0 Å². The van der Waals surface area contributed by atoms with Crippen LogP contribution in [0.15, 0.2) is 24.7 Å². The fraction of sp³-hybridized carbons (Fsp3) is 0.533. The van der Waals surface area contributed by atoms with E-state index < -0.39 is 0 Å². The molecule has 2 aromatic rings. The molecule has 6 heteroatoms. The second kappa shape index (κ2) is 6.56. The van der Waals surface area contributed by atoms with Crippen molar-refractivity contribution in [3.05, 3.63) is 36.2 Å². The van der Waals surface area contributed by atoms with Crippen molar-refractivity contribution in [2.75, 3.05) is 13.6 Å². The minimum absolute atomic E-state index is 0.0149. The zero-order chi connectivity index (χ0) is 15.4. The molecule has 2 aromatic heterocycles. The molecule has 2 heterocycles. The molecule has 0 N–H and O–H groups in total. The molecule has 0 fully saturated rings. The Morgan fingerprint density at radius 2 is 2.14 bits per heavy atom. The van der Waals surface area contributed by atoms with Crippen molar-refractivity contribution in [1.29, 1.82) is 0 Å². The second-order valence-electron chi connectivity index (χ2n) is 5.54. The largest absolute Gasteiger partial charge is 0.340 e. The van der Waals surface area contributed by atoms with Crippen LogP contribution in [0.25, 0.3) is 0 Å². The highest BCUT2D eigenvalue weighted by atomic mass is 16.2. The lowest BCUT2D eigenvalue weighted by Crippen LogP contribution is -2.30. The van der Waals surface area contributed by atoms with Gasteiger partial charge in [-0.2, -0.15) is 5.10 Å². The first-order chi connectivity index (χ1) is 10.0. The van der Waals surface area contributed by atoms with E-state index in [1.54, 1.807) is 28.0 Å². The van der Waals surface area contributed by atoms with Crippen molar-refractivity contribution in [3.8, 4) is 0 Å². The molecule has 1 amide bonds. The summed E-state index contributed by atoms with van der Waals surface area (Å²) in [5, 5.41) is 4.21. The number of amides is 1. The quantitative estimate of drug-likeness (QED) is 0.816. The zero-order valence-electron chi connectivity index (χ0n) is 13.2. The molecule has 0 unspecified atom stereocenters. The number of nitrogens with zero attached hydrogens (tertiary/aromatic N) is 5. The number of carbonyl (C=O) groups excluding carboxylic acids is 1. The van der Waals surface area contributed by atoms with Crippen molar-refractivity contribution in [2.45, 2.75) is 32.7 Å². The average molecular weight is 289 g/mol. The van der Waals surface area contributed by atoms with E-state index in [-0.39, 0.29) is 11.9 Å². The molecule has 0 spiro atoms. The SMILES string of the molecule is CC(C)n1nccc1C(=O)N(C)CCCc1nccn1C. The summed E-state index contributed by atoms with van der Waals surface area (Å²) >= 11 is 0. The summed E-state index contributed by atoms with van der Waals surface area (Å²) in [5.41, 5.74) is 0.643. The van der Waals surface area contributed by atoms with E-state index in [4.69, 9.17) is 0 Å². The number of imidazole rings is 1. The minimum Gasteiger partial charge on any atom is -0.340 e. The molecule has 0 aliphatic heterocycles. The van der Waals surface area contributed by atoms with Crippen LogP contribution < -0.4 is 0 Å². The summed E-state index contributed by atoms with van der Waals surface area (Å²) in [6.45, 7) is 4.74. The first-order valence-electron chi connectivity index (χ1n) is 7.26. The van der Waals surface area contributed by atoms with Gasteiger partial charge in [0.25, 0.3) is 5.91 Å². The molecule has 0 aliphatic rings. The Morgan fingerprint density at radius 3 is 2.76 bits per heavy atom. The summed E-state index contributed by atoms with van der Waals surface area (Å²) in [4.78, 5) is 18.5. The predicted octanol–water partition coefficient (Wildman–Crippen LogP) is 1.90. The average Bonchev–Trinajstić information content (AvgIpc) is 3.07. The van der Waals surface area contributed by atoms with Gasteiger partial charge in [0.2, 0.25) is 0 Å². The molecule has 21 heavy (non-hydrogen) atoms. The smallest absolute Gasteiger partial charge is 0.271 e. The number of aryl methyl sites for hydroxylation is 2. The van der Waals surface area contributed by atoms with Crippen LogP contribution in [0.2, 0.25) is 0 Å². The summed E-state index contributed by atoms with van der Waals surface area (Å²) in [6.07, 6.45) is 7.17. The van der Waals surface area contributed by atoms with Gasteiger partial charge in [-0.3, -0.25) is 9.48 Å². The van der Waals surface area contributed by atoms with Gasteiger partial charge in [0.15, 0.2) is 0 Å². The fourth-order valence-electron chi connectivity index (χ4n) is 2.30. The monoisotopic (exact) mass is 289 g/mol. The third-order valence-corrected chi connectivity index (χ3v) is 3.54. The van der Waals surface area contributed by atoms with Crippen molar-refractivity contribution in [1.82, 2.24) is 24.2 Å². The van der Waals surface area contributed by atoms with Gasteiger partial charge in [-0.05, 0) is 26.3 Å². The molecular weight excluding hydrogens is 266 g/mol. The highest BCUT2D eigenvalue weighted by Crippen LogP contribution is 2.10. The van der Waals surface area contributed by atoms with E-state index in [0.717, 1.165) is 18.7 Å². The van der Waals surface area contributed by atoms with Crippen molar-refractivity contribution < 1.29 is 4.79 Å². The predicted molar refractivity (Wildman–Crippen MR) is 81.1 cm³/mol. The standard InChI is InChI=1S/C15H23N5O/c1-12(2)20-13(7-8-17-20)15(21)19(4)10-5-6-14-16-9-11-18(14)3/h7-9,11-12H,5-6,10H2,1-4H3. The lowest BCUT2D eigenvalue weighted by atomic mass is 10.2. The van der Waals surface area contributed by atoms with E-state index in [0.29, 0.717) is 12.2 Å². The minimum atomic E-state index is 0.0149. The molecule has 0 aliphatic carbocycles. The van der Waals surface area contributed by atoms with E-state index >= 15 is 0 Å². The maximum atomic E-state index is 12.4. The van der Waals surface area contributed by atoms with Crippen LogP contribution in [0.1, 0.15) is 42.6 Å². The molecule has 6 nitrogen and oxygen atoms in total. The van der Waals surface area contributed by atoms with Crippen molar-refractivity contribution in [3.63, 3.8) is 0 Å². The first-order valence-corrected chi connectivity index (χ1v) is 7.26. The lowest BCUT2D eigenvalue weighted by molar-refractivity contribution is 0.0779. The molecule has 0 bridgehead atoms. The number of hydrogen-bond acceptors (Lipinski definition) is 3. The van der Waals surface area contributed by atoms with Gasteiger partial charge in [0, 0.05) is 51.7 Å². The van der Waals surface area contributed by atoms with Crippen LogP contribution in [0.4, 0.5) is 0 Å². The zero-order valence-corrected chi connectivity index (χ0v) is 13.2. The lowest BCUT2D eigenvalue weighted by Gasteiger charge is -2.18. The van der Waals surface area contributed by atoms with Crippen LogP contribution in [0.3, 0.4) is 0 Å². The van der Waals surface area contributed by atoms with E-state index in [2.05, 4.69) is 10.1 Å². The molecule has 0 saturated carbocycles.